The third kappa shape index (κ3) is 64.3. The first-order valence-corrected chi connectivity index (χ1v) is 34.5. The molecule has 0 saturated heterocycles. The van der Waals surface area contributed by atoms with Crippen molar-refractivity contribution >= 4 is 17.9 Å². The third-order valence-electron chi connectivity index (χ3n) is 15.6. The zero-order valence-corrected chi connectivity index (χ0v) is 52.0. The smallest absolute Gasteiger partial charge is 0.306 e. The number of carbonyl (C=O) groups excluding carboxylic acids is 3. The maximum absolute atomic E-state index is 12.8. The summed E-state index contributed by atoms with van der Waals surface area (Å²) in [5, 5.41) is 0. The number of carbonyl (C=O) groups is 3. The molecule has 0 aliphatic rings. The van der Waals surface area contributed by atoms with Gasteiger partial charge in [0, 0.05) is 19.3 Å². The average Bonchev–Trinajstić information content (AvgIpc) is 3.43. The van der Waals surface area contributed by atoms with Gasteiger partial charge in [-0.05, 0) is 77.0 Å². The number of esters is 3. The van der Waals surface area contributed by atoms with Crippen molar-refractivity contribution in [1.82, 2.24) is 0 Å². The molecular weight excluding hydrogens is 949 g/mol. The molecule has 0 saturated carbocycles. The lowest BCUT2D eigenvalue weighted by Gasteiger charge is -2.18. The van der Waals surface area contributed by atoms with Crippen LogP contribution in [-0.4, -0.2) is 37.2 Å². The molecule has 0 rings (SSSR count). The summed E-state index contributed by atoms with van der Waals surface area (Å²) < 4.78 is 16.8. The number of unbranched alkanes of at least 4 members (excludes halogenated alkanes) is 47. The molecule has 0 aliphatic carbocycles. The summed E-state index contributed by atoms with van der Waals surface area (Å²) in [7, 11) is 0. The molecule has 1 atom stereocenters. The molecule has 6 nitrogen and oxygen atoms in total. The van der Waals surface area contributed by atoms with E-state index >= 15 is 0 Å². The zero-order chi connectivity index (χ0) is 55.7. The molecule has 0 N–H and O–H groups in total. The van der Waals surface area contributed by atoms with Crippen LogP contribution in [0.3, 0.4) is 0 Å². The van der Waals surface area contributed by atoms with Crippen molar-refractivity contribution in [2.75, 3.05) is 13.2 Å². The SMILES string of the molecule is CCCCCCC/C=C\C/C=C\CCCCCCCCCCCCCCCCCCCCCCCCCC(=O)OCC(COC(=O)CCCCCCCCC)OC(=O)CCCCCCCCC/C=C\CCCCCCCC. The minimum absolute atomic E-state index is 0.0684. The summed E-state index contributed by atoms with van der Waals surface area (Å²) >= 11 is 0. The highest BCUT2D eigenvalue weighted by Crippen LogP contribution is 2.18. The van der Waals surface area contributed by atoms with Gasteiger partial charge in [0.15, 0.2) is 6.10 Å². The van der Waals surface area contributed by atoms with E-state index in [1.807, 2.05) is 0 Å². The summed E-state index contributed by atoms with van der Waals surface area (Å²) in [5.41, 5.74) is 0. The highest BCUT2D eigenvalue weighted by molar-refractivity contribution is 5.71. The van der Waals surface area contributed by atoms with Crippen molar-refractivity contribution in [2.24, 2.45) is 0 Å². The minimum Gasteiger partial charge on any atom is -0.462 e. The lowest BCUT2D eigenvalue weighted by Crippen LogP contribution is -2.30. The van der Waals surface area contributed by atoms with Crippen molar-refractivity contribution in [3.05, 3.63) is 36.5 Å². The number of hydrogen-bond donors (Lipinski definition) is 0. The molecule has 0 heterocycles. The largest absolute Gasteiger partial charge is 0.462 e. The quantitative estimate of drug-likeness (QED) is 0.0261. The van der Waals surface area contributed by atoms with Crippen LogP contribution in [0.4, 0.5) is 0 Å². The fraction of sp³-hybridized carbons (Fsp3) is 0.873. The molecule has 77 heavy (non-hydrogen) atoms. The normalized spacial score (nSPS) is 12.2. The van der Waals surface area contributed by atoms with Crippen LogP contribution in [-0.2, 0) is 28.6 Å². The first-order chi connectivity index (χ1) is 38.0. The van der Waals surface area contributed by atoms with Gasteiger partial charge in [-0.1, -0.05) is 320 Å². The summed E-state index contributed by atoms with van der Waals surface area (Å²) in [4.78, 5) is 38.1. The van der Waals surface area contributed by atoms with Crippen LogP contribution in [0.15, 0.2) is 36.5 Å². The van der Waals surface area contributed by atoms with Crippen LogP contribution in [0.1, 0.15) is 380 Å². The summed E-state index contributed by atoms with van der Waals surface area (Å²) in [5.74, 6) is -0.857. The molecule has 0 aromatic rings. The molecule has 0 aromatic carbocycles. The topological polar surface area (TPSA) is 78.9 Å². The van der Waals surface area contributed by atoms with Crippen LogP contribution in [0, 0.1) is 0 Å². The van der Waals surface area contributed by atoms with Crippen molar-refractivity contribution < 1.29 is 28.6 Å². The summed E-state index contributed by atoms with van der Waals surface area (Å²) in [6.45, 7) is 6.63. The van der Waals surface area contributed by atoms with Gasteiger partial charge in [0.2, 0.25) is 0 Å². The molecule has 0 radical (unpaired) electrons. The Kier molecular flexibility index (Phi) is 64.1. The van der Waals surface area contributed by atoms with E-state index in [9.17, 15) is 14.4 Å². The lowest BCUT2D eigenvalue weighted by atomic mass is 10.0. The highest BCUT2D eigenvalue weighted by Gasteiger charge is 2.19. The second kappa shape index (κ2) is 66.1. The van der Waals surface area contributed by atoms with E-state index < -0.39 is 6.10 Å². The molecule has 0 fully saturated rings. The van der Waals surface area contributed by atoms with E-state index in [2.05, 4.69) is 57.2 Å². The first kappa shape index (κ1) is 74.6. The second-order valence-corrected chi connectivity index (χ2v) is 23.4. The molecule has 0 spiro atoms. The van der Waals surface area contributed by atoms with Crippen LogP contribution >= 0.6 is 0 Å². The maximum atomic E-state index is 12.8. The van der Waals surface area contributed by atoms with Gasteiger partial charge in [-0.3, -0.25) is 14.4 Å². The molecule has 0 amide bonds. The summed E-state index contributed by atoms with van der Waals surface area (Å²) in [6.07, 6.45) is 82.1. The van der Waals surface area contributed by atoms with E-state index in [4.69, 9.17) is 14.2 Å². The Labute approximate surface area is 480 Å². The molecule has 1 unspecified atom stereocenters. The van der Waals surface area contributed by atoms with Crippen molar-refractivity contribution in [3.8, 4) is 0 Å². The van der Waals surface area contributed by atoms with E-state index in [-0.39, 0.29) is 31.1 Å². The Hall–Kier alpha value is -2.37. The molecule has 6 heteroatoms. The van der Waals surface area contributed by atoms with E-state index in [1.165, 1.54) is 276 Å². The average molecular weight is 1080 g/mol. The molecule has 0 aliphatic heterocycles. The van der Waals surface area contributed by atoms with E-state index in [1.54, 1.807) is 0 Å². The van der Waals surface area contributed by atoms with Crippen molar-refractivity contribution in [1.29, 1.82) is 0 Å². The predicted molar refractivity (Wildman–Crippen MR) is 335 cm³/mol. The Morgan fingerprint density at radius 2 is 0.468 bits per heavy atom. The lowest BCUT2D eigenvalue weighted by molar-refractivity contribution is -0.167. The van der Waals surface area contributed by atoms with Crippen LogP contribution in [0.25, 0.3) is 0 Å². The predicted octanol–water partition coefficient (Wildman–Crippen LogP) is 23.6. The van der Waals surface area contributed by atoms with Gasteiger partial charge in [-0.25, -0.2) is 0 Å². The van der Waals surface area contributed by atoms with Crippen molar-refractivity contribution in [2.45, 2.75) is 386 Å². The van der Waals surface area contributed by atoms with Crippen LogP contribution < -0.4 is 0 Å². The number of hydrogen-bond acceptors (Lipinski definition) is 6. The Bertz CT molecular complexity index is 1290. The molecular formula is C71H132O6. The van der Waals surface area contributed by atoms with E-state index in [0.29, 0.717) is 19.3 Å². The van der Waals surface area contributed by atoms with Gasteiger partial charge in [0.1, 0.15) is 13.2 Å². The van der Waals surface area contributed by atoms with Gasteiger partial charge >= 0.3 is 17.9 Å². The number of ether oxygens (including phenoxy) is 3. The Balaban J connectivity index is 3.93. The third-order valence-corrected chi connectivity index (χ3v) is 15.6. The van der Waals surface area contributed by atoms with Crippen molar-refractivity contribution in [3.63, 3.8) is 0 Å². The molecule has 0 aromatic heterocycles. The van der Waals surface area contributed by atoms with Crippen LogP contribution in [0.2, 0.25) is 0 Å². The number of rotatable bonds is 64. The first-order valence-electron chi connectivity index (χ1n) is 34.5. The van der Waals surface area contributed by atoms with Gasteiger partial charge in [0.25, 0.3) is 0 Å². The Morgan fingerprint density at radius 1 is 0.260 bits per heavy atom. The Morgan fingerprint density at radius 3 is 0.727 bits per heavy atom. The highest BCUT2D eigenvalue weighted by atomic mass is 16.6. The minimum atomic E-state index is -0.768. The van der Waals surface area contributed by atoms with Gasteiger partial charge in [0.05, 0.1) is 0 Å². The monoisotopic (exact) mass is 1080 g/mol. The second-order valence-electron chi connectivity index (χ2n) is 23.4. The van der Waals surface area contributed by atoms with Crippen LogP contribution in [0.5, 0.6) is 0 Å². The number of allylic oxidation sites excluding steroid dienone is 6. The van der Waals surface area contributed by atoms with Gasteiger partial charge in [-0.15, -0.1) is 0 Å². The standard InChI is InChI=1S/C71H132O6/c1-4-7-10-13-16-18-20-22-24-26-27-28-29-30-31-32-33-34-35-36-37-38-39-40-41-42-43-45-46-48-50-52-55-58-61-64-70(73)76-67-68(66-75-69(72)63-60-57-54-15-12-9-6-3)77-71(74)65-62-59-56-53-51-49-47-44-25-23-21-19-17-14-11-8-5-2/h20,22-23,25-27,68H,4-19,21,24,28-67H2,1-3H3/b22-20-,25-23-,27-26-. The van der Waals surface area contributed by atoms with Gasteiger partial charge < -0.3 is 14.2 Å². The molecule has 452 valence electrons. The fourth-order valence-corrected chi connectivity index (χ4v) is 10.4. The zero-order valence-electron chi connectivity index (χ0n) is 52.0. The summed E-state index contributed by atoms with van der Waals surface area (Å²) in [6, 6.07) is 0. The fourth-order valence-electron chi connectivity index (χ4n) is 10.4. The molecule has 0 bridgehead atoms. The maximum Gasteiger partial charge on any atom is 0.306 e. The van der Waals surface area contributed by atoms with Gasteiger partial charge in [-0.2, -0.15) is 0 Å². The van der Waals surface area contributed by atoms with E-state index in [0.717, 1.165) is 64.2 Å².